The Labute approximate surface area is 84.0 Å². The van der Waals surface area contributed by atoms with E-state index in [1.807, 2.05) is 0 Å². The maximum Gasteiger partial charge on any atom is 0.328 e. The summed E-state index contributed by atoms with van der Waals surface area (Å²) in [7, 11) is 0. The highest BCUT2D eigenvalue weighted by Gasteiger charge is 2.27. The van der Waals surface area contributed by atoms with Crippen LogP contribution in [-0.4, -0.2) is 31.3 Å². The second-order valence-corrected chi connectivity index (χ2v) is 3.77. The molecule has 74 valence electrons. The van der Waals surface area contributed by atoms with Crippen LogP contribution in [0.4, 0.5) is 0 Å². The summed E-state index contributed by atoms with van der Waals surface area (Å²) in [5, 5.41) is 21.6. The summed E-state index contributed by atoms with van der Waals surface area (Å²) in [5.41, 5.74) is 0. The van der Waals surface area contributed by atoms with Crippen LogP contribution in [-0.2, 0) is 4.79 Å². The van der Waals surface area contributed by atoms with Gasteiger partial charge in [-0.15, -0.1) is 5.10 Å². The number of carbonyl (C=O) groups is 1. The monoisotopic (exact) mass is 212 g/mol. The Bertz CT molecular complexity index is 372. The molecule has 1 aromatic heterocycles. The summed E-state index contributed by atoms with van der Waals surface area (Å²) in [4.78, 5) is 10.2. The SMILES string of the molecule is O=C(O)C=CSc1nnnn1C1CC1. The van der Waals surface area contributed by atoms with Crippen molar-refractivity contribution in [2.45, 2.75) is 24.0 Å². The molecule has 1 fully saturated rings. The third-order valence-corrected chi connectivity index (χ3v) is 2.49. The predicted molar refractivity (Wildman–Crippen MR) is 48.7 cm³/mol. The molecule has 0 radical (unpaired) electrons. The third-order valence-electron chi connectivity index (χ3n) is 1.74. The van der Waals surface area contributed by atoms with Crippen LogP contribution in [0.2, 0.25) is 0 Å². The van der Waals surface area contributed by atoms with Crippen LogP contribution in [0.25, 0.3) is 0 Å². The summed E-state index contributed by atoms with van der Waals surface area (Å²) >= 11 is 1.22. The van der Waals surface area contributed by atoms with Crippen molar-refractivity contribution < 1.29 is 9.90 Å². The Morgan fingerprint density at radius 1 is 1.64 bits per heavy atom. The first-order valence-electron chi connectivity index (χ1n) is 4.11. The van der Waals surface area contributed by atoms with Crippen LogP contribution in [0, 0.1) is 0 Å². The average molecular weight is 212 g/mol. The second kappa shape index (κ2) is 3.79. The highest BCUT2D eigenvalue weighted by molar-refractivity contribution is 8.02. The van der Waals surface area contributed by atoms with Gasteiger partial charge in [0.25, 0.3) is 0 Å². The zero-order valence-corrected chi connectivity index (χ0v) is 8.02. The molecule has 7 heteroatoms. The minimum absolute atomic E-state index is 0.408. The van der Waals surface area contributed by atoms with E-state index in [2.05, 4.69) is 15.5 Å². The molecule has 1 aromatic rings. The summed E-state index contributed by atoms with van der Waals surface area (Å²) in [5.74, 6) is -0.969. The lowest BCUT2D eigenvalue weighted by Crippen LogP contribution is -1.97. The molecule has 0 atom stereocenters. The summed E-state index contributed by atoms with van der Waals surface area (Å²) in [6.07, 6.45) is 3.26. The number of aliphatic carboxylic acids is 1. The fourth-order valence-corrected chi connectivity index (χ4v) is 1.65. The highest BCUT2D eigenvalue weighted by Crippen LogP contribution is 2.36. The molecule has 1 saturated carbocycles. The van der Waals surface area contributed by atoms with E-state index in [-0.39, 0.29) is 0 Å². The van der Waals surface area contributed by atoms with Crippen molar-refractivity contribution >= 4 is 17.7 Å². The maximum absolute atomic E-state index is 10.2. The van der Waals surface area contributed by atoms with Crippen molar-refractivity contribution in [3.05, 3.63) is 11.5 Å². The number of hydrogen-bond acceptors (Lipinski definition) is 5. The van der Waals surface area contributed by atoms with E-state index in [9.17, 15) is 4.79 Å². The van der Waals surface area contributed by atoms with Crippen molar-refractivity contribution in [3.8, 4) is 0 Å². The van der Waals surface area contributed by atoms with Gasteiger partial charge in [-0.1, -0.05) is 11.8 Å². The molecular formula is C7H8N4O2S. The Morgan fingerprint density at radius 2 is 2.43 bits per heavy atom. The van der Waals surface area contributed by atoms with E-state index in [1.54, 1.807) is 4.68 Å². The zero-order chi connectivity index (χ0) is 9.97. The topological polar surface area (TPSA) is 80.9 Å². The fraction of sp³-hybridized carbons (Fsp3) is 0.429. The van der Waals surface area contributed by atoms with Gasteiger partial charge in [0.2, 0.25) is 5.16 Å². The first-order chi connectivity index (χ1) is 6.77. The van der Waals surface area contributed by atoms with Gasteiger partial charge in [0.15, 0.2) is 0 Å². The molecule has 2 rings (SSSR count). The Kier molecular flexibility index (Phi) is 2.49. The van der Waals surface area contributed by atoms with Crippen LogP contribution in [0.1, 0.15) is 18.9 Å². The van der Waals surface area contributed by atoms with Gasteiger partial charge in [0.05, 0.1) is 6.04 Å². The fourth-order valence-electron chi connectivity index (χ4n) is 0.964. The van der Waals surface area contributed by atoms with Gasteiger partial charge in [0.1, 0.15) is 0 Å². The molecule has 0 spiro atoms. The first kappa shape index (κ1) is 9.20. The van der Waals surface area contributed by atoms with Gasteiger partial charge in [-0.2, -0.15) is 0 Å². The predicted octanol–water partition coefficient (Wildman–Crippen LogP) is 0.698. The summed E-state index contributed by atoms with van der Waals surface area (Å²) < 4.78 is 1.73. The third kappa shape index (κ3) is 2.11. The molecule has 0 saturated heterocycles. The molecule has 0 aromatic carbocycles. The molecule has 0 unspecified atom stereocenters. The summed E-state index contributed by atoms with van der Waals surface area (Å²) in [6, 6.07) is 0.408. The van der Waals surface area contributed by atoms with Crippen LogP contribution >= 0.6 is 11.8 Å². The number of carboxylic acid groups (broad SMARTS) is 1. The van der Waals surface area contributed by atoms with E-state index in [0.717, 1.165) is 18.9 Å². The maximum atomic E-state index is 10.2. The minimum atomic E-state index is -0.969. The number of rotatable bonds is 4. The first-order valence-corrected chi connectivity index (χ1v) is 4.99. The summed E-state index contributed by atoms with van der Waals surface area (Å²) in [6.45, 7) is 0. The molecule has 0 bridgehead atoms. The van der Waals surface area contributed by atoms with E-state index in [4.69, 9.17) is 5.11 Å². The number of aromatic nitrogens is 4. The quantitative estimate of drug-likeness (QED) is 0.584. The van der Waals surface area contributed by atoms with E-state index in [0.29, 0.717) is 11.2 Å². The van der Waals surface area contributed by atoms with Crippen LogP contribution in [0.3, 0.4) is 0 Å². The Balaban J connectivity index is 2.01. The van der Waals surface area contributed by atoms with E-state index >= 15 is 0 Å². The van der Waals surface area contributed by atoms with Crippen LogP contribution in [0.15, 0.2) is 16.6 Å². The van der Waals surface area contributed by atoms with Crippen LogP contribution < -0.4 is 0 Å². The molecular weight excluding hydrogens is 204 g/mol. The van der Waals surface area contributed by atoms with Crippen molar-refractivity contribution in [3.63, 3.8) is 0 Å². The van der Waals surface area contributed by atoms with Crippen molar-refractivity contribution in [2.24, 2.45) is 0 Å². The van der Waals surface area contributed by atoms with E-state index in [1.165, 1.54) is 17.2 Å². The van der Waals surface area contributed by atoms with Gasteiger partial charge in [0, 0.05) is 6.08 Å². The average Bonchev–Trinajstić information content (AvgIpc) is 2.87. The molecule has 0 aliphatic heterocycles. The van der Waals surface area contributed by atoms with Crippen molar-refractivity contribution in [1.29, 1.82) is 0 Å². The molecule has 0 amide bonds. The smallest absolute Gasteiger partial charge is 0.328 e. The number of carboxylic acids is 1. The number of thioether (sulfide) groups is 1. The minimum Gasteiger partial charge on any atom is -0.478 e. The lowest BCUT2D eigenvalue weighted by molar-refractivity contribution is -0.131. The normalized spacial score (nSPS) is 16.3. The Hall–Kier alpha value is -1.37. The van der Waals surface area contributed by atoms with Crippen molar-refractivity contribution in [2.75, 3.05) is 0 Å². The van der Waals surface area contributed by atoms with Gasteiger partial charge in [-0.25, -0.2) is 9.48 Å². The molecule has 1 N–H and O–H groups in total. The molecule has 6 nitrogen and oxygen atoms in total. The lowest BCUT2D eigenvalue weighted by atomic mass is 10.7. The van der Waals surface area contributed by atoms with E-state index < -0.39 is 5.97 Å². The van der Waals surface area contributed by atoms with Gasteiger partial charge in [-0.05, 0) is 28.7 Å². The standard InChI is InChI=1S/C7H8N4O2S/c12-6(13)3-4-14-7-8-9-10-11(7)5-1-2-5/h3-5H,1-2H2,(H,12,13). The van der Waals surface area contributed by atoms with Gasteiger partial charge in [-0.3, -0.25) is 0 Å². The number of tetrazole rings is 1. The zero-order valence-electron chi connectivity index (χ0n) is 7.20. The Morgan fingerprint density at radius 3 is 3.07 bits per heavy atom. The lowest BCUT2D eigenvalue weighted by Gasteiger charge is -1.96. The van der Waals surface area contributed by atoms with Crippen molar-refractivity contribution in [1.82, 2.24) is 20.2 Å². The highest BCUT2D eigenvalue weighted by atomic mass is 32.2. The largest absolute Gasteiger partial charge is 0.478 e. The molecule has 1 aliphatic rings. The number of hydrogen-bond donors (Lipinski definition) is 1. The molecule has 1 heterocycles. The van der Waals surface area contributed by atoms with Gasteiger partial charge >= 0.3 is 5.97 Å². The second-order valence-electron chi connectivity index (χ2n) is 2.90. The molecule has 14 heavy (non-hydrogen) atoms. The van der Waals surface area contributed by atoms with Crippen LogP contribution in [0.5, 0.6) is 0 Å². The van der Waals surface area contributed by atoms with Gasteiger partial charge < -0.3 is 5.11 Å². The molecule has 1 aliphatic carbocycles. The number of nitrogens with zero attached hydrogens (tertiary/aromatic N) is 4.